The molecule has 1 unspecified atom stereocenters. The third-order valence-corrected chi connectivity index (χ3v) is 4.88. The normalized spacial score (nSPS) is 17.8. The molecule has 27 heavy (non-hydrogen) atoms. The number of rotatable bonds is 5. The lowest BCUT2D eigenvalue weighted by molar-refractivity contribution is 0.138. The van der Waals surface area contributed by atoms with Crippen molar-refractivity contribution >= 4 is 0 Å². The van der Waals surface area contributed by atoms with E-state index in [1.165, 1.54) is 6.07 Å². The Morgan fingerprint density at radius 1 is 1.22 bits per heavy atom. The number of halogens is 1. The van der Waals surface area contributed by atoms with Gasteiger partial charge in [-0.1, -0.05) is 30.3 Å². The van der Waals surface area contributed by atoms with Crippen molar-refractivity contribution in [2.75, 3.05) is 26.7 Å². The summed E-state index contributed by atoms with van der Waals surface area (Å²) in [6.07, 6.45) is 1.59. The van der Waals surface area contributed by atoms with Crippen LogP contribution >= 0.6 is 0 Å². The summed E-state index contributed by atoms with van der Waals surface area (Å²) in [6, 6.07) is 14.8. The lowest BCUT2D eigenvalue weighted by atomic mass is 10.0. The van der Waals surface area contributed by atoms with E-state index in [4.69, 9.17) is 9.15 Å². The molecule has 3 aromatic rings. The number of hydrogen-bond donors (Lipinski definition) is 1. The molecule has 2 heterocycles. The number of piperazine rings is 1. The Morgan fingerprint density at radius 3 is 2.89 bits per heavy atom. The molecular weight excluding hydrogens is 345 g/mol. The zero-order chi connectivity index (χ0) is 18.6. The maximum Gasteiger partial charge on any atom is 0.209 e. The van der Waals surface area contributed by atoms with E-state index in [0.717, 1.165) is 30.9 Å². The number of aromatic nitrogens is 1. The lowest BCUT2D eigenvalue weighted by Gasteiger charge is -2.36. The number of nitrogens with one attached hydrogen (secondary N) is 1. The van der Waals surface area contributed by atoms with Crippen LogP contribution in [-0.2, 0) is 6.54 Å². The third-order valence-electron chi connectivity index (χ3n) is 4.88. The molecule has 1 saturated heterocycles. The summed E-state index contributed by atoms with van der Waals surface area (Å²) in [5, 5.41) is 3.44. The van der Waals surface area contributed by atoms with Crippen molar-refractivity contribution in [2.24, 2.45) is 0 Å². The maximum atomic E-state index is 14.0. The fraction of sp³-hybridized carbons (Fsp3) is 0.286. The number of methoxy groups -OCH3 is 1. The molecule has 1 fully saturated rings. The summed E-state index contributed by atoms with van der Waals surface area (Å²) >= 11 is 0. The largest absolute Gasteiger partial charge is 0.496 e. The Kier molecular flexibility index (Phi) is 5.18. The van der Waals surface area contributed by atoms with Gasteiger partial charge in [0.2, 0.25) is 5.89 Å². The molecule has 0 bridgehead atoms. The molecule has 0 aliphatic carbocycles. The quantitative estimate of drug-likeness (QED) is 0.746. The van der Waals surface area contributed by atoms with Gasteiger partial charge in [-0.2, -0.15) is 0 Å². The summed E-state index contributed by atoms with van der Waals surface area (Å²) < 4.78 is 25.4. The molecule has 6 heteroatoms. The number of ether oxygens (including phenoxy) is 1. The zero-order valence-electron chi connectivity index (χ0n) is 15.2. The van der Waals surface area contributed by atoms with Gasteiger partial charge in [0, 0.05) is 25.2 Å². The Labute approximate surface area is 157 Å². The van der Waals surface area contributed by atoms with E-state index in [-0.39, 0.29) is 11.9 Å². The SMILES string of the molecule is COc1ccccc1C1CNCCN1Cc1ncc(-c2ccccc2F)o1. The van der Waals surface area contributed by atoms with E-state index in [1.807, 2.05) is 18.2 Å². The Bertz CT molecular complexity index is 912. The molecule has 140 valence electrons. The second kappa shape index (κ2) is 7.90. The van der Waals surface area contributed by atoms with Crippen molar-refractivity contribution in [3.05, 3.63) is 72.0 Å². The first-order valence-electron chi connectivity index (χ1n) is 9.03. The van der Waals surface area contributed by atoms with E-state index in [2.05, 4.69) is 21.3 Å². The molecule has 1 aliphatic heterocycles. The highest BCUT2D eigenvalue weighted by Gasteiger charge is 2.27. The number of hydrogen-bond acceptors (Lipinski definition) is 5. The second-order valence-electron chi connectivity index (χ2n) is 6.53. The van der Waals surface area contributed by atoms with Gasteiger partial charge in [0.25, 0.3) is 0 Å². The van der Waals surface area contributed by atoms with Gasteiger partial charge in [0.1, 0.15) is 11.6 Å². The van der Waals surface area contributed by atoms with Gasteiger partial charge in [-0.05, 0) is 18.2 Å². The van der Waals surface area contributed by atoms with Crippen LogP contribution in [0.25, 0.3) is 11.3 Å². The Morgan fingerprint density at radius 2 is 2.04 bits per heavy atom. The molecule has 0 saturated carbocycles. The first kappa shape index (κ1) is 17.7. The summed E-state index contributed by atoms with van der Waals surface area (Å²) in [5.74, 6) is 1.59. The standard InChI is InChI=1S/C21H22FN3O2/c1-26-19-9-5-3-7-16(19)18-12-23-10-11-25(18)14-21-24-13-20(27-21)15-6-2-4-8-17(15)22/h2-9,13,18,23H,10-12,14H2,1H3. The van der Waals surface area contributed by atoms with Crippen LogP contribution in [-0.4, -0.2) is 36.6 Å². The van der Waals surface area contributed by atoms with Crippen molar-refractivity contribution in [1.82, 2.24) is 15.2 Å². The van der Waals surface area contributed by atoms with Gasteiger partial charge in [-0.25, -0.2) is 9.37 Å². The monoisotopic (exact) mass is 367 g/mol. The highest BCUT2D eigenvalue weighted by atomic mass is 19.1. The molecule has 0 radical (unpaired) electrons. The lowest BCUT2D eigenvalue weighted by Crippen LogP contribution is -2.45. The van der Waals surface area contributed by atoms with Gasteiger partial charge in [-0.15, -0.1) is 0 Å². The summed E-state index contributed by atoms with van der Waals surface area (Å²) in [5.41, 5.74) is 1.56. The van der Waals surface area contributed by atoms with Crippen LogP contribution in [0.15, 0.2) is 59.1 Å². The van der Waals surface area contributed by atoms with Crippen molar-refractivity contribution in [2.45, 2.75) is 12.6 Å². The topological polar surface area (TPSA) is 50.5 Å². The highest BCUT2D eigenvalue weighted by molar-refractivity contribution is 5.56. The molecule has 1 aromatic heterocycles. The molecule has 0 amide bonds. The molecule has 1 atom stereocenters. The van der Waals surface area contributed by atoms with Gasteiger partial charge < -0.3 is 14.5 Å². The second-order valence-corrected chi connectivity index (χ2v) is 6.53. The molecule has 5 nitrogen and oxygen atoms in total. The van der Waals surface area contributed by atoms with Crippen molar-refractivity contribution < 1.29 is 13.5 Å². The van der Waals surface area contributed by atoms with E-state index in [9.17, 15) is 4.39 Å². The van der Waals surface area contributed by atoms with Crippen molar-refractivity contribution in [3.8, 4) is 17.1 Å². The maximum absolute atomic E-state index is 14.0. The number of benzene rings is 2. The first-order valence-corrected chi connectivity index (χ1v) is 9.03. The van der Waals surface area contributed by atoms with Crippen molar-refractivity contribution in [3.63, 3.8) is 0 Å². The average Bonchev–Trinajstić information content (AvgIpc) is 3.17. The summed E-state index contributed by atoms with van der Waals surface area (Å²) in [6.45, 7) is 3.13. The predicted octanol–water partition coefficient (Wildman–Crippen LogP) is 3.64. The summed E-state index contributed by atoms with van der Waals surface area (Å²) in [4.78, 5) is 6.68. The zero-order valence-corrected chi connectivity index (χ0v) is 15.2. The predicted molar refractivity (Wildman–Crippen MR) is 101 cm³/mol. The van der Waals surface area contributed by atoms with Crippen LogP contribution in [0.3, 0.4) is 0 Å². The average molecular weight is 367 g/mol. The highest BCUT2D eigenvalue weighted by Crippen LogP contribution is 2.31. The first-order chi connectivity index (χ1) is 13.3. The minimum atomic E-state index is -0.311. The Balaban J connectivity index is 1.57. The smallest absolute Gasteiger partial charge is 0.209 e. The van der Waals surface area contributed by atoms with Gasteiger partial charge >= 0.3 is 0 Å². The molecule has 1 N–H and O–H groups in total. The Hall–Kier alpha value is -2.70. The van der Waals surface area contributed by atoms with Crippen LogP contribution in [0.4, 0.5) is 4.39 Å². The van der Waals surface area contributed by atoms with E-state index in [1.54, 1.807) is 31.5 Å². The van der Waals surface area contributed by atoms with Gasteiger partial charge in [-0.3, -0.25) is 4.90 Å². The van der Waals surface area contributed by atoms with E-state index in [0.29, 0.717) is 23.8 Å². The summed E-state index contributed by atoms with van der Waals surface area (Å²) in [7, 11) is 1.69. The fourth-order valence-corrected chi connectivity index (χ4v) is 3.53. The van der Waals surface area contributed by atoms with Crippen LogP contribution in [0.1, 0.15) is 17.5 Å². The number of para-hydroxylation sites is 1. The van der Waals surface area contributed by atoms with E-state index < -0.39 is 0 Å². The van der Waals surface area contributed by atoms with Crippen LogP contribution in [0.2, 0.25) is 0 Å². The van der Waals surface area contributed by atoms with Crippen LogP contribution in [0.5, 0.6) is 5.75 Å². The molecule has 0 spiro atoms. The number of nitrogens with zero attached hydrogens (tertiary/aromatic N) is 2. The van der Waals surface area contributed by atoms with E-state index >= 15 is 0 Å². The minimum Gasteiger partial charge on any atom is -0.496 e. The van der Waals surface area contributed by atoms with Gasteiger partial charge in [0.15, 0.2) is 5.76 Å². The third kappa shape index (κ3) is 3.72. The van der Waals surface area contributed by atoms with Crippen LogP contribution < -0.4 is 10.1 Å². The van der Waals surface area contributed by atoms with Gasteiger partial charge in [0.05, 0.1) is 31.5 Å². The molecular formula is C21H22FN3O2. The van der Waals surface area contributed by atoms with Crippen LogP contribution in [0, 0.1) is 5.82 Å². The molecule has 2 aromatic carbocycles. The fourth-order valence-electron chi connectivity index (χ4n) is 3.53. The number of oxazole rings is 1. The van der Waals surface area contributed by atoms with Crippen molar-refractivity contribution in [1.29, 1.82) is 0 Å². The minimum absolute atomic E-state index is 0.152. The molecule has 1 aliphatic rings. The molecule has 4 rings (SSSR count).